The Hall–Kier alpha value is -0.610. The number of hydrogen-bond donors (Lipinski definition) is 1. The van der Waals surface area contributed by atoms with E-state index in [0.29, 0.717) is 12.1 Å². The van der Waals surface area contributed by atoms with Crippen molar-refractivity contribution in [3.8, 4) is 0 Å². The lowest BCUT2D eigenvalue weighted by molar-refractivity contribution is -0.149. The number of carbonyl (C=O) groups is 1. The first-order valence-corrected chi connectivity index (χ1v) is 8.09. The molecule has 0 heterocycles. The molecule has 0 spiro atoms. The van der Waals surface area contributed by atoms with E-state index in [1.165, 1.54) is 20.0 Å². The molecule has 0 radical (unpaired) electrons. The molecule has 0 aromatic rings. The van der Waals surface area contributed by atoms with Crippen LogP contribution in [0.15, 0.2) is 0 Å². The van der Waals surface area contributed by atoms with E-state index in [1.807, 2.05) is 0 Å². The lowest BCUT2D eigenvalue weighted by Crippen LogP contribution is -2.54. The van der Waals surface area contributed by atoms with E-state index in [-0.39, 0.29) is 5.97 Å². The van der Waals surface area contributed by atoms with Crippen molar-refractivity contribution in [2.24, 2.45) is 0 Å². The molecule has 1 fully saturated rings. The molecule has 20 heavy (non-hydrogen) atoms. The van der Waals surface area contributed by atoms with E-state index in [1.54, 1.807) is 0 Å². The molecule has 0 aromatic heterocycles. The van der Waals surface area contributed by atoms with Crippen LogP contribution in [0.2, 0.25) is 0 Å². The molecule has 1 N–H and O–H groups in total. The zero-order valence-electron chi connectivity index (χ0n) is 13.9. The van der Waals surface area contributed by atoms with Gasteiger partial charge in [-0.1, -0.05) is 20.3 Å². The third-order valence-corrected chi connectivity index (χ3v) is 4.35. The summed E-state index contributed by atoms with van der Waals surface area (Å²) in [4.78, 5) is 14.8. The molecule has 2 unspecified atom stereocenters. The summed E-state index contributed by atoms with van der Waals surface area (Å²) in [6.45, 7) is 10.8. The molecule has 0 aromatic carbocycles. The lowest BCUT2D eigenvalue weighted by atomic mass is 9.96. The molecule has 1 saturated carbocycles. The highest BCUT2D eigenvalue weighted by molar-refractivity contribution is 5.81. The van der Waals surface area contributed by atoms with Gasteiger partial charge in [0.1, 0.15) is 5.54 Å². The van der Waals surface area contributed by atoms with Crippen molar-refractivity contribution in [1.82, 2.24) is 10.2 Å². The first kappa shape index (κ1) is 17.4. The van der Waals surface area contributed by atoms with Crippen molar-refractivity contribution in [2.75, 3.05) is 20.2 Å². The van der Waals surface area contributed by atoms with Gasteiger partial charge in [-0.25, -0.2) is 0 Å². The maximum atomic E-state index is 12.2. The Kier molecular flexibility index (Phi) is 6.96. The molecule has 0 saturated heterocycles. The summed E-state index contributed by atoms with van der Waals surface area (Å²) in [5.74, 6) is -0.0970. The van der Waals surface area contributed by atoms with Crippen molar-refractivity contribution in [1.29, 1.82) is 0 Å². The van der Waals surface area contributed by atoms with Crippen LogP contribution in [0.25, 0.3) is 0 Å². The van der Waals surface area contributed by atoms with Crippen molar-refractivity contribution in [3.63, 3.8) is 0 Å². The summed E-state index contributed by atoms with van der Waals surface area (Å²) in [7, 11) is 1.49. The molecule has 118 valence electrons. The van der Waals surface area contributed by atoms with E-state index < -0.39 is 5.54 Å². The number of carbonyl (C=O) groups excluding carboxylic acids is 1. The van der Waals surface area contributed by atoms with Gasteiger partial charge < -0.3 is 9.64 Å². The van der Waals surface area contributed by atoms with Gasteiger partial charge in [-0.3, -0.25) is 10.1 Å². The average Bonchev–Trinajstić information content (AvgIpc) is 2.83. The van der Waals surface area contributed by atoms with Gasteiger partial charge >= 0.3 is 5.97 Å². The van der Waals surface area contributed by atoms with Crippen LogP contribution in [0.1, 0.15) is 59.8 Å². The van der Waals surface area contributed by atoms with Gasteiger partial charge in [-0.05, 0) is 52.6 Å². The number of nitrogens with zero attached hydrogens (tertiary/aromatic N) is 1. The Morgan fingerprint density at radius 2 is 2.15 bits per heavy atom. The Balaban J connectivity index is 2.74. The topological polar surface area (TPSA) is 41.6 Å². The molecular formula is C16H32N2O2. The Bertz CT molecular complexity index is 307. The van der Waals surface area contributed by atoms with Gasteiger partial charge in [0.25, 0.3) is 0 Å². The minimum atomic E-state index is -0.479. The molecule has 0 bridgehead atoms. The van der Waals surface area contributed by atoms with Crippen LogP contribution < -0.4 is 5.32 Å². The smallest absolute Gasteiger partial charge is 0.326 e. The average molecular weight is 284 g/mol. The van der Waals surface area contributed by atoms with Crippen LogP contribution in [0, 0.1) is 0 Å². The number of hydrogen-bond acceptors (Lipinski definition) is 4. The van der Waals surface area contributed by atoms with E-state index >= 15 is 0 Å². The second-order valence-electron chi connectivity index (χ2n) is 6.25. The minimum absolute atomic E-state index is 0.0970. The zero-order chi connectivity index (χ0) is 15.2. The van der Waals surface area contributed by atoms with Crippen LogP contribution in [-0.4, -0.2) is 48.7 Å². The monoisotopic (exact) mass is 284 g/mol. The Labute approximate surface area is 124 Å². The molecule has 0 aliphatic heterocycles. The zero-order valence-corrected chi connectivity index (χ0v) is 13.9. The maximum Gasteiger partial charge on any atom is 0.326 e. The van der Waals surface area contributed by atoms with Crippen LogP contribution in [0.4, 0.5) is 0 Å². The van der Waals surface area contributed by atoms with Gasteiger partial charge in [0, 0.05) is 12.1 Å². The summed E-state index contributed by atoms with van der Waals surface area (Å²) in [6, 6.07) is 0.787. The van der Waals surface area contributed by atoms with E-state index in [2.05, 4.69) is 37.9 Å². The fourth-order valence-electron chi connectivity index (χ4n) is 3.41. The number of ether oxygens (including phenoxy) is 1. The van der Waals surface area contributed by atoms with Gasteiger partial charge in [-0.15, -0.1) is 0 Å². The van der Waals surface area contributed by atoms with E-state index in [0.717, 1.165) is 32.4 Å². The van der Waals surface area contributed by atoms with Crippen molar-refractivity contribution < 1.29 is 9.53 Å². The summed E-state index contributed by atoms with van der Waals surface area (Å²) >= 11 is 0. The normalized spacial score (nSPS) is 26.4. The standard InChI is InChI=1S/C16H32N2O2/c1-6-8-11-18(7-2)14-9-10-16(12-14,15(19)20-5)17-13(3)4/h13-14,17H,6-12H2,1-5H3. The third kappa shape index (κ3) is 4.19. The first-order chi connectivity index (χ1) is 9.49. The molecular weight excluding hydrogens is 252 g/mol. The van der Waals surface area contributed by atoms with Gasteiger partial charge in [0.05, 0.1) is 7.11 Å². The van der Waals surface area contributed by atoms with Crippen LogP contribution >= 0.6 is 0 Å². The second kappa shape index (κ2) is 7.99. The second-order valence-corrected chi connectivity index (χ2v) is 6.25. The molecule has 2 atom stereocenters. The quantitative estimate of drug-likeness (QED) is 0.696. The third-order valence-electron chi connectivity index (χ3n) is 4.35. The first-order valence-electron chi connectivity index (χ1n) is 8.09. The van der Waals surface area contributed by atoms with E-state index in [9.17, 15) is 4.79 Å². The predicted molar refractivity (Wildman–Crippen MR) is 82.8 cm³/mol. The highest BCUT2D eigenvalue weighted by Crippen LogP contribution is 2.34. The highest BCUT2D eigenvalue weighted by atomic mass is 16.5. The molecule has 1 aliphatic rings. The maximum absolute atomic E-state index is 12.2. The highest BCUT2D eigenvalue weighted by Gasteiger charge is 2.47. The molecule has 1 aliphatic carbocycles. The van der Waals surface area contributed by atoms with Crippen molar-refractivity contribution in [2.45, 2.75) is 77.4 Å². The van der Waals surface area contributed by atoms with Crippen LogP contribution in [-0.2, 0) is 9.53 Å². The van der Waals surface area contributed by atoms with E-state index in [4.69, 9.17) is 4.74 Å². The summed E-state index contributed by atoms with van der Waals surface area (Å²) in [6.07, 6.45) is 5.27. The van der Waals surface area contributed by atoms with Crippen molar-refractivity contribution in [3.05, 3.63) is 0 Å². The van der Waals surface area contributed by atoms with Gasteiger partial charge in [0.15, 0.2) is 0 Å². The molecule has 0 amide bonds. The molecule has 4 nitrogen and oxygen atoms in total. The molecule has 4 heteroatoms. The minimum Gasteiger partial charge on any atom is -0.468 e. The molecule has 1 rings (SSSR count). The van der Waals surface area contributed by atoms with Gasteiger partial charge in [-0.2, -0.15) is 0 Å². The Morgan fingerprint density at radius 3 is 2.65 bits per heavy atom. The fourth-order valence-corrected chi connectivity index (χ4v) is 3.41. The fraction of sp³-hybridized carbons (Fsp3) is 0.938. The number of esters is 1. The van der Waals surface area contributed by atoms with Crippen LogP contribution in [0.5, 0.6) is 0 Å². The predicted octanol–water partition coefficient (Wildman–Crippen LogP) is 2.57. The number of unbranched alkanes of at least 4 members (excludes halogenated alkanes) is 1. The van der Waals surface area contributed by atoms with Crippen LogP contribution in [0.3, 0.4) is 0 Å². The van der Waals surface area contributed by atoms with Gasteiger partial charge in [0.2, 0.25) is 0 Å². The Morgan fingerprint density at radius 1 is 1.45 bits per heavy atom. The largest absolute Gasteiger partial charge is 0.468 e. The lowest BCUT2D eigenvalue weighted by Gasteiger charge is -2.32. The number of rotatable bonds is 8. The summed E-state index contributed by atoms with van der Waals surface area (Å²) in [5, 5.41) is 3.47. The summed E-state index contributed by atoms with van der Waals surface area (Å²) in [5.41, 5.74) is -0.479. The summed E-state index contributed by atoms with van der Waals surface area (Å²) < 4.78 is 5.06. The number of nitrogens with one attached hydrogen (secondary N) is 1. The van der Waals surface area contributed by atoms with Crippen molar-refractivity contribution >= 4 is 5.97 Å². The SMILES string of the molecule is CCCCN(CC)C1CCC(NC(C)C)(C(=O)OC)C1. The number of methoxy groups -OCH3 is 1.